The Balaban J connectivity index is 3.14. The maximum atomic E-state index is 11.2. The van der Waals surface area contributed by atoms with Crippen LogP contribution >= 0.6 is 0 Å². The second kappa shape index (κ2) is 7.30. The first-order valence-corrected chi connectivity index (χ1v) is 6.09. The van der Waals surface area contributed by atoms with Gasteiger partial charge in [0.05, 0.1) is 6.04 Å². The summed E-state index contributed by atoms with van der Waals surface area (Å²) in [5.74, 6) is -1.89. The Bertz CT molecular complexity index is 511. The van der Waals surface area contributed by atoms with Gasteiger partial charge in [-0.1, -0.05) is 11.2 Å². The standard InChI is InChI=1S/C12H15N3O6/c1-6(16)19-10-5-4-9(14-15-13)11(20-7(2)17)12(10)21-8(3)18/h4-5,9-12H,1-3H3/t9-,10-,11+,12+/m1/s1. The zero-order chi connectivity index (χ0) is 16.0. The SMILES string of the molecule is CC(=O)O[C@@H]1[C@@H](OC(C)=O)[C@H](OC(C)=O)C=C[C@H]1N=[N+]=[N-]. The lowest BCUT2D eigenvalue weighted by Crippen LogP contribution is -2.51. The fourth-order valence-electron chi connectivity index (χ4n) is 1.94. The first-order valence-electron chi connectivity index (χ1n) is 6.09. The molecule has 0 amide bonds. The van der Waals surface area contributed by atoms with Gasteiger partial charge >= 0.3 is 17.9 Å². The molecule has 0 aromatic heterocycles. The summed E-state index contributed by atoms with van der Waals surface area (Å²) < 4.78 is 15.1. The van der Waals surface area contributed by atoms with E-state index >= 15 is 0 Å². The highest BCUT2D eigenvalue weighted by molar-refractivity contribution is 5.68. The average molecular weight is 297 g/mol. The number of carbonyl (C=O) groups excluding carboxylic acids is 3. The highest BCUT2D eigenvalue weighted by atomic mass is 16.6. The molecule has 0 fully saturated rings. The summed E-state index contributed by atoms with van der Waals surface area (Å²) in [6.07, 6.45) is -0.233. The van der Waals surface area contributed by atoms with Crippen LogP contribution < -0.4 is 0 Å². The molecule has 0 bridgehead atoms. The Kier molecular flexibility index (Phi) is 5.74. The van der Waals surface area contributed by atoms with Gasteiger partial charge in [-0.25, -0.2) is 0 Å². The summed E-state index contributed by atoms with van der Waals surface area (Å²) in [6, 6.07) is -0.866. The molecule has 0 N–H and O–H groups in total. The molecular formula is C12H15N3O6. The lowest BCUT2D eigenvalue weighted by atomic mass is 9.94. The number of ether oxygens (including phenoxy) is 3. The molecular weight excluding hydrogens is 282 g/mol. The first kappa shape index (κ1) is 16.5. The van der Waals surface area contributed by atoms with Gasteiger partial charge in [0.2, 0.25) is 0 Å². The van der Waals surface area contributed by atoms with Crippen molar-refractivity contribution in [2.45, 2.75) is 45.1 Å². The van der Waals surface area contributed by atoms with Crippen LogP contribution in [0, 0.1) is 0 Å². The topological polar surface area (TPSA) is 128 Å². The van der Waals surface area contributed by atoms with Gasteiger partial charge in [-0.3, -0.25) is 14.4 Å². The smallest absolute Gasteiger partial charge is 0.303 e. The predicted octanol–water partition coefficient (Wildman–Crippen LogP) is 1.03. The molecule has 0 heterocycles. The Morgan fingerprint density at radius 3 is 1.95 bits per heavy atom. The van der Waals surface area contributed by atoms with Gasteiger partial charge < -0.3 is 14.2 Å². The molecule has 0 saturated heterocycles. The van der Waals surface area contributed by atoms with Crippen LogP contribution in [0.3, 0.4) is 0 Å². The van der Waals surface area contributed by atoms with Gasteiger partial charge in [-0.05, 0) is 11.6 Å². The lowest BCUT2D eigenvalue weighted by Gasteiger charge is -2.35. The summed E-state index contributed by atoms with van der Waals surface area (Å²) in [5, 5.41) is 3.47. The number of hydrogen-bond acceptors (Lipinski definition) is 7. The predicted molar refractivity (Wildman–Crippen MR) is 68.7 cm³/mol. The van der Waals surface area contributed by atoms with Crippen molar-refractivity contribution in [2.75, 3.05) is 0 Å². The van der Waals surface area contributed by atoms with E-state index in [2.05, 4.69) is 10.0 Å². The maximum Gasteiger partial charge on any atom is 0.303 e. The van der Waals surface area contributed by atoms with Gasteiger partial charge in [0.1, 0.15) is 0 Å². The van der Waals surface area contributed by atoms with Crippen molar-refractivity contribution in [1.82, 2.24) is 0 Å². The van der Waals surface area contributed by atoms with Crippen molar-refractivity contribution in [2.24, 2.45) is 5.11 Å². The van der Waals surface area contributed by atoms with Crippen molar-refractivity contribution in [3.63, 3.8) is 0 Å². The van der Waals surface area contributed by atoms with Crippen LogP contribution in [0.4, 0.5) is 0 Å². The minimum atomic E-state index is -1.09. The van der Waals surface area contributed by atoms with Gasteiger partial charge in [0.25, 0.3) is 0 Å². The highest BCUT2D eigenvalue weighted by Crippen LogP contribution is 2.25. The van der Waals surface area contributed by atoms with Crippen LogP contribution in [-0.2, 0) is 28.6 Å². The van der Waals surface area contributed by atoms with E-state index in [1.54, 1.807) is 0 Å². The molecule has 4 atom stereocenters. The maximum absolute atomic E-state index is 11.2. The largest absolute Gasteiger partial charge is 0.458 e. The molecule has 0 aliphatic heterocycles. The lowest BCUT2D eigenvalue weighted by molar-refractivity contribution is -0.181. The number of carbonyl (C=O) groups is 3. The van der Waals surface area contributed by atoms with E-state index in [0.717, 1.165) is 13.8 Å². The van der Waals surface area contributed by atoms with Crippen molar-refractivity contribution in [3.8, 4) is 0 Å². The third kappa shape index (κ3) is 4.81. The van der Waals surface area contributed by atoms with Crippen molar-refractivity contribution >= 4 is 17.9 Å². The molecule has 114 valence electrons. The van der Waals surface area contributed by atoms with Crippen LogP contribution in [0.25, 0.3) is 10.4 Å². The fraction of sp³-hybridized carbons (Fsp3) is 0.583. The van der Waals surface area contributed by atoms with Crippen molar-refractivity contribution in [3.05, 3.63) is 22.6 Å². The molecule has 0 aromatic rings. The molecule has 0 aromatic carbocycles. The quantitative estimate of drug-likeness (QED) is 0.190. The monoisotopic (exact) mass is 297 g/mol. The second-order valence-corrected chi connectivity index (χ2v) is 4.30. The van der Waals surface area contributed by atoms with Crippen LogP contribution in [-0.4, -0.2) is 42.3 Å². The molecule has 1 aliphatic carbocycles. The third-order valence-corrected chi connectivity index (χ3v) is 2.57. The third-order valence-electron chi connectivity index (χ3n) is 2.57. The summed E-state index contributed by atoms with van der Waals surface area (Å²) in [4.78, 5) is 36.1. The van der Waals surface area contributed by atoms with E-state index in [1.807, 2.05) is 0 Å². The summed E-state index contributed by atoms with van der Waals surface area (Å²) in [6.45, 7) is 3.52. The van der Waals surface area contributed by atoms with Crippen LogP contribution in [0.15, 0.2) is 17.3 Å². The average Bonchev–Trinajstić information content (AvgIpc) is 2.35. The normalized spacial score (nSPS) is 27.2. The van der Waals surface area contributed by atoms with E-state index in [4.69, 9.17) is 19.7 Å². The van der Waals surface area contributed by atoms with Gasteiger partial charge in [-0.15, -0.1) is 0 Å². The van der Waals surface area contributed by atoms with Gasteiger partial charge in [0, 0.05) is 25.7 Å². The zero-order valence-electron chi connectivity index (χ0n) is 11.8. The fourth-order valence-corrected chi connectivity index (χ4v) is 1.94. The Morgan fingerprint density at radius 1 is 0.952 bits per heavy atom. The summed E-state index contributed by atoms with van der Waals surface area (Å²) >= 11 is 0. The molecule has 0 radical (unpaired) electrons. The molecule has 1 rings (SSSR count). The molecule has 21 heavy (non-hydrogen) atoms. The minimum absolute atomic E-state index is 0.592. The first-order chi connectivity index (χ1) is 9.85. The molecule has 9 nitrogen and oxygen atoms in total. The number of hydrogen-bond donors (Lipinski definition) is 0. The zero-order valence-corrected chi connectivity index (χ0v) is 11.8. The molecule has 9 heteroatoms. The number of azide groups is 1. The van der Waals surface area contributed by atoms with Gasteiger partial charge in [0.15, 0.2) is 18.3 Å². The summed E-state index contributed by atoms with van der Waals surface area (Å²) in [5.41, 5.74) is 8.54. The highest BCUT2D eigenvalue weighted by Gasteiger charge is 2.42. The second-order valence-electron chi connectivity index (χ2n) is 4.30. The van der Waals surface area contributed by atoms with Crippen LogP contribution in [0.5, 0.6) is 0 Å². The Hall–Kier alpha value is -2.54. The van der Waals surface area contributed by atoms with Crippen LogP contribution in [0.1, 0.15) is 20.8 Å². The van der Waals surface area contributed by atoms with Crippen LogP contribution in [0.2, 0.25) is 0 Å². The number of rotatable bonds is 4. The van der Waals surface area contributed by atoms with E-state index in [9.17, 15) is 14.4 Å². The number of nitrogens with zero attached hydrogens (tertiary/aromatic N) is 3. The summed E-state index contributed by atoms with van der Waals surface area (Å²) in [7, 11) is 0. The Labute approximate surface area is 120 Å². The van der Waals surface area contributed by atoms with Crippen molar-refractivity contribution in [1.29, 1.82) is 0 Å². The van der Waals surface area contributed by atoms with E-state index in [0.29, 0.717) is 0 Å². The van der Waals surface area contributed by atoms with E-state index in [1.165, 1.54) is 19.1 Å². The molecule has 0 saturated carbocycles. The number of esters is 3. The molecule has 0 unspecified atom stereocenters. The molecule has 0 spiro atoms. The van der Waals surface area contributed by atoms with Crippen molar-refractivity contribution < 1.29 is 28.6 Å². The Morgan fingerprint density at radius 2 is 1.48 bits per heavy atom. The van der Waals surface area contributed by atoms with E-state index < -0.39 is 42.3 Å². The molecule has 1 aliphatic rings. The van der Waals surface area contributed by atoms with E-state index in [-0.39, 0.29) is 0 Å². The van der Waals surface area contributed by atoms with Gasteiger partial charge in [-0.2, -0.15) is 0 Å². The minimum Gasteiger partial charge on any atom is -0.458 e.